The van der Waals surface area contributed by atoms with Crippen molar-refractivity contribution in [1.29, 1.82) is 5.26 Å². The highest BCUT2D eigenvalue weighted by molar-refractivity contribution is 5.52. The summed E-state index contributed by atoms with van der Waals surface area (Å²) in [6.45, 7) is 1.88. The van der Waals surface area contributed by atoms with E-state index in [4.69, 9.17) is 5.26 Å². The number of nitriles is 1. The quantitative estimate of drug-likeness (QED) is 0.775. The van der Waals surface area contributed by atoms with Crippen molar-refractivity contribution in [3.05, 3.63) is 29.6 Å². The highest BCUT2D eigenvalue weighted by Gasteiger charge is 2.34. The predicted octanol–water partition coefficient (Wildman–Crippen LogP) is 2.37. The van der Waals surface area contributed by atoms with E-state index in [0.717, 1.165) is 25.2 Å². The average Bonchev–Trinajstić information content (AvgIpc) is 2.62. The largest absolute Gasteiger partial charge is 0.370 e. The predicted molar refractivity (Wildman–Crippen MR) is 72.5 cm³/mol. The molecule has 2 unspecified atom stereocenters. The van der Waals surface area contributed by atoms with Gasteiger partial charge in [0.1, 0.15) is 5.82 Å². The molecule has 100 valence electrons. The van der Waals surface area contributed by atoms with Crippen LogP contribution in [0, 0.1) is 17.1 Å². The molecule has 0 radical (unpaired) electrons. The van der Waals surface area contributed by atoms with Crippen molar-refractivity contribution < 1.29 is 4.39 Å². The molecule has 0 aromatic heterocycles. The maximum atomic E-state index is 13.5. The topological polar surface area (TPSA) is 30.3 Å². The summed E-state index contributed by atoms with van der Waals surface area (Å²) in [7, 11) is 2.19. The first-order valence-electron chi connectivity index (χ1n) is 6.85. The van der Waals surface area contributed by atoms with Crippen LogP contribution >= 0.6 is 0 Å². The van der Waals surface area contributed by atoms with Crippen molar-refractivity contribution in [3.8, 4) is 6.07 Å². The zero-order valence-electron chi connectivity index (χ0n) is 11.1. The van der Waals surface area contributed by atoms with E-state index in [2.05, 4.69) is 16.8 Å². The van der Waals surface area contributed by atoms with Gasteiger partial charge < -0.3 is 4.90 Å². The van der Waals surface area contributed by atoms with Gasteiger partial charge in [0.25, 0.3) is 0 Å². The zero-order valence-corrected chi connectivity index (χ0v) is 11.1. The standard InChI is InChI=1S/C15H18FN3/c1-18-13-2-3-14(18)10-19(5-4-13)15-7-11(9-17)6-12(16)8-15/h6-8,13-14H,2-5,10H2,1H3. The van der Waals surface area contributed by atoms with Crippen LogP contribution in [0.3, 0.4) is 0 Å². The minimum absolute atomic E-state index is 0.322. The molecular formula is C15H18FN3. The lowest BCUT2D eigenvalue weighted by Crippen LogP contribution is -2.36. The molecule has 2 saturated heterocycles. The fourth-order valence-electron chi connectivity index (χ4n) is 3.36. The van der Waals surface area contributed by atoms with Crippen molar-refractivity contribution in [1.82, 2.24) is 4.90 Å². The Morgan fingerprint density at radius 2 is 2.00 bits per heavy atom. The SMILES string of the molecule is CN1C2CCC1CN(c1cc(F)cc(C#N)c1)CC2. The summed E-state index contributed by atoms with van der Waals surface area (Å²) >= 11 is 0. The fourth-order valence-corrected chi connectivity index (χ4v) is 3.36. The number of halogens is 1. The molecule has 2 bridgehead atoms. The van der Waals surface area contributed by atoms with Crippen LogP contribution in [0.15, 0.2) is 18.2 Å². The minimum Gasteiger partial charge on any atom is -0.370 e. The number of nitrogens with zero attached hydrogens (tertiary/aromatic N) is 3. The summed E-state index contributed by atoms with van der Waals surface area (Å²) in [4.78, 5) is 4.69. The van der Waals surface area contributed by atoms with Crippen LogP contribution in [0.1, 0.15) is 24.8 Å². The van der Waals surface area contributed by atoms with E-state index in [1.54, 1.807) is 12.1 Å². The van der Waals surface area contributed by atoms with Gasteiger partial charge in [-0.2, -0.15) is 5.26 Å². The van der Waals surface area contributed by atoms with Gasteiger partial charge in [-0.3, -0.25) is 4.90 Å². The monoisotopic (exact) mass is 259 g/mol. The molecule has 0 N–H and O–H groups in total. The van der Waals surface area contributed by atoms with Crippen molar-refractivity contribution >= 4 is 5.69 Å². The Labute approximate surface area is 113 Å². The second-order valence-electron chi connectivity index (χ2n) is 5.60. The number of fused-ring (bicyclic) bond motifs is 2. The van der Waals surface area contributed by atoms with E-state index in [-0.39, 0.29) is 5.82 Å². The Morgan fingerprint density at radius 3 is 2.79 bits per heavy atom. The van der Waals surface area contributed by atoms with E-state index >= 15 is 0 Å². The van der Waals surface area contributed by atoms with Crippen LogP contribution in [-0.4, -0.2) is 37.1 Å². The van der Waals surface area contributed by atoms with Gasteiger partial charge in [-0.15, -0.1) is 0 Å². The normalized spacial score (nSPS) is 27.1. The van der Waals surface area contributed by atoms with Crippen molar-refractivity contribution in [3.63, 3.8) is 0 Å². The molecule has 3 nitrogen and oxygen atoms in total. The Hall–Kier alpha value is -1.60. The Bertz CT molecular complexity index is 523. The molecule has 1 aromatic rings. The van der Waals surface area contributed by atoms with Crippen LogP contribution in [0.25, 0.3) is 0 Å². The number of hydrogen-bond donors (Lipinski definition) is 0. The van der Waals surface area contributed by atoms with Crippen LogP contribution in [0.4, 0.5) is 10.1 Å². The van der Waals surface area contributed by atoms with Gasteiger partial charge in [0.15, 0.2) is 0 Å². The van der Waals surface area contributed by atoms with Crippen molar-refractivity contribution in [2.45, 2.75) is 31.3 Å². The summed E-state index contributed by atoms with van der Waals surface area (Å²) in [6.07, 6.45) is 3.62. The number of benzene rings is 1. The van der Waals surface area contributed by atoms with Gasteiger partial charge in [0.2, 0.25) is 0 Å². The molecule has 19 heavy (non-hydrogen) atoms. The third-order valence-electron chi connectivity index (χ3n) is 4.53. The van der Waals surface area contributed by atoms with Gasteiger partial charge in [-0.25, -0.2) is 4.39 Å². The van der Waals surface area contributed by atoms with E-state index in [1.807, 2.05) is 6.07 Å². The maximum Gasteiger partial charge on any atom is 0.126 e. The molecule has 0 saturated carbocycles. The first-order chi connectivity index (χ1) is 9.17. The van der Waals surface area contributed by atoms with Gasteiger partial charge in [0, 0.05) is 30.9 Å². The van der Waals surface area contributed by atoms with Crippen molar-refractivity contribution in [2.24, 2.45) is 0 Å². The summed E-state index contributed by atoms with van der Waals surface area (Å²) in [5.74, 6) is -0.322. The number of anilines is 1. The molecule has 2 heterocycles. The Morgan fingerprint density at radius 1 is 1.21 bits per heavy atom. The maximum absolute atomic E-state index is 13.5. The number of likely N-dealkylation sites (N-methyl/N-ethyl adjacent to an activating group) is 1. The summed E-state index contributed by atoms with van der Waals surface area (Å²) in [5.41, 5.74) is 1.25. The smallest absolute Gasteiger partial charge is 0.126 e. The first-order valence-corrected chi connectivity index (χ1v) is 6.85. The van der Waals surface area contributed by atoms with E-state index in [1.165, 1.54) is 18.9 Å². The fraction of sp³-hybridized carbons (Fsp3) is 0.533. The molecule has 0 spiro atoms. The number of hydrogen-bond acceptors (Lipinski definition) is 3. The van der Waals surface area contributed by atoms with Gasteiger partial charge >= 0.3 is 0 Å². The highest BCUT2D eigenvalue weighted by Crippen LogP contribution is 2.31. The van der Waals surface area contributed by atoms with E-state index in [0.29, 0.717) is 17.6 Å². The Balaban J connectivity index is 1.87. The van der Waals surface area contributed by atoms with Crippen LogP contribution in [-0.2, 0) is 0 Å². The lowest BCUT2D eigenvalue weighted by molar-refractivity contribution is 0.254. The van der Waals surface area contributed by atoms with E-state index in [9.17, 15) is 4.39 Å². The zero-order chi connectivity index (χ0) is 13.4. The molecule has 2 atom stereocenters. The highest BCUT2D eigenvalue weighted by atomic mass is 19.1. The van der Waals surface area contributed by atoms with Crippen molar-refractivity contribution in [2.75, 3.05) is 25.0 Å². The molecule has 0 amide bonds. The summed E-state index contributed by atoms with van der Waals surface area (Å²) in [5, 5.41) is 8.94. The lowest BCUT2D eigenvalue weighted by atomic mass is 10.1. The second kappa shape index (κ2) is 4.82. The second-order valence-corrected chi connectivity index (χ2v) is 5.60. The molecule has 2 fully saturated rings. The van der Waals surface area contributed by atoms with Crippen LogP contribution < -0.4 is 4.90 Å². The van der Waals surface area contributed by atoms with E-state index < -0.39 is 0 Å². The minimum atomic E-state index is -0.322. The third-order valence-corrected chi connectivity index (χ3v) is 4.53. The molecule has 4 heteroatoms. The number of rotatable bonds is 1. The van der Waals surface area contributed by atoms with Gasteiger partial charge in [-0.05, 0) is 44.5 Å². The molecule has 0 aliphatic carbocycles. The molecule has 3 rings (SSSR count). The lowest BCUT2D eigenvalue weighted by Gasteiger charge is -2.27. The van der Waals surface area contributed by atoms with Crippen LogP contribution in [0.2, 0.25) is 0 Å². The molecule has 2 aliphatic heterocycles. The average molecular weight is 259 g/mol. The van der Waals surface area contributed by atoms with Gasteiger partial charge in [-0.1, -0.05) is 0 Å². The third kappa shape index (κ3) is 2.31. The van der Waals surface area contributed by atoms with Gasteiger partial charge in [0.05, 0.1) is 11.6 Å². The molecule has 2 aliphatic rings. The first kappa shape index (κ1) is 12.4. The Kier molecular flexibility index (Phi) is 3.16. The molecular weight excluding hydrogens is 241 g/mol. The molecule has 1 aromatic carbocycles. The van der Waals surface area contributed by atoms with Crippen LogP contribution in [0.5, 0.6) is 0 Å². The summed E-state index contributed by atoms with van der Waals surface area (Å²) in [6, 6.07) is 7.88. The summed E-state index contributed by atoms with van der Waals surface area (Å²) < 4.78 is 13.5.